The van der Waals surface area contributed by atoms with E-state index in [4.69, 9.17) is 4.42 Å². The highest BCUT2D eigenvalue weighted by Gasteiger charge is 2.27. The van der Waals surface area contributed by atoms with Crippen LogP contribution in [0.4, 0.5) is 5.69 Å². The second kappa shape index (κ2) is 5.84. The zero-order valence-electron chi connectivity index (χ0n) is 13.5. The Morgan fingerprint density at radius 3 is 2.83 bits per heavy atom. The normalized spacial score (nSPS) is 17.4. The van der Waals surface area contributed by atoms with Crippen molar-refractivity contribution >= 4 is 11.6 Å². The van der Waals surface area contributed by atoms with Gasteiger partial charge < -0.3 is 9.73 Å². The Labute approximate surface area is 136 Å². The van der Waals surface area contributed by atoms with E-state index in [0.717, 1.165) is 37.3 Å². The number of rotatable bonds is 3. The van der Waals surface area contributed by atoms with Gasteiger partial charge in [0, 0.05) is 11.6 Å². The summed E-state index contributed by atoms with van der Waals surface area (Å²) in [7, 11) is 0. The van der Waals surface area contributed by atoms with E-state index in [2.05, 4.69) is 16.4 Å². The Morgan fingerprint density at radius 1 is 1.22 bits per heavy atom. The van der Waals surface area contributed by atoms with Gasteiger partial charge in [0.25, 0.3) is 5.91 Å². The molecule has 2 aliphatic rings. The number of aromatic nitrogens is 1. The molecule has 23 heavy (non-hydrogen) atoms. The number of fused-ring (bicyclic) bond motifs is 1. The van der Waals surface area contributed by atoms with Crippen LogP contribution in [-0.2, 0) is 12.8 Å². The van der Waals surface area contributed by atoms with Crippen LogP contribution in [0, 0.1) is 6.92 Å². The Bertz CT molecular complexity index is 744. The summed E-state index contributed by atoms with van der Waals surface area (Å²) in [6.45, 7) is 1.82. The van der Waals surface area contributed by atoms with E-state index in [0.29, 0.717) is 17.4 Å². The van der Waals surface area contributed by atoms with Crippen molar-refractivity contribution in [1.29, 1.82) is 0 Å². The van der Waals surface area contributed by atoms with Crippen molar-refractivity contribution in [2.75, 3.05) is 5.32 Å². The molecule has 0 atom stereocenters. The minimum atomic E-state index is -0.157. The lowest BCUT2D eigenvalue weighted by Crippen LogP contribution is -2.17. The lowest BCUT2D eigenvalue weighted by molar-refractivity contribution is 0.102. The highest BCUT2D eigenvalue weighted by atomic mass is 16.4. The zero-order chi connectivity index (χ0) is 15.8. The van der Waals surface area contributed by atoms with Crippen molar-refractivity contribution in [3.05, 3.63) is 46.7 Å². The van der Waals surface area contributed by atoms with Gasteiger partial charge in [-0.1, -0.05) is 18.6 Å². The SMILES string of the molecule is Cc1oc(C2CCC2)nc1C(=O)Nc1cccc2c1CCCC2. The predicted octanol–water partition coefficient (Wildman–Crippen LogP) is 4.38. The number of carbonyl (C=O) groups excluding carboxylic acids is 1. The first-order valence-corrected chi connectivity index (χ1v) is 8.62. The van der Waals surface area contributed by atoms with Crippen molar-refractivity contribution in [2.24, 2.45) is 0 Å². The van der Waals surface area contributed by atoms with Crippen LogP contribution < -0.4 is 5.32 Å². The Morgan fingerprint density at radius 2 is 2.04 bits per heavy atom. The summed E-state index contributed by atoms with van der Waals surface area (Å²) in [5, 5.41) is 3.05. The number of nitrogens with zero attached hydrogens (tertiary/aromatic N) is 1. The molecule has 1 heterocycles. The van der Waals surface area contributed by atoms with Crippen LogP contribution in [-0.4, -0.2) is 10.9 Å². The summed E-state index contributed by atoms with van der Waals surface area (Å²) in [5.41, 5.74) is 4.01. The number of aryl methyl sites for hydroxylation is 2. The van der Waals surface area contributed by atoms with Gasteiger partial charge in [0.2, 0.25) is 0 Å². The van der Waals surface area contributed by atoms with Gasteiger partial charge in [-0.25, -0.2) is 4.98 Å². The number of benzene rings is 1. The minimum Gasteiger partial charge on any atom is -0.445 e. The number of amides is 1. The maximum atomic E-state index is 12.6. The van der Waals surface area contributed by atoms with Crippen LogP contribution in [0.2, 0.25) is 0 Å². The molecule has 2 aromatic rings. The molecule has 0 unspecified atom stereocenters. The molecule has 0 aliphatic heterocycles. The molecule has 4 heteroatoms. The average Bonchev–Trinajstić information content (AvgIpc) is 2.87. The first-order valence-electron chi connectivity index (χ1n) is 8.62. The fourth-order valence-corrected chi connectivity index (χ4v) is 3.54. The first-order chi connectivity index (χ1) is 11.2. The molecular formula is C19H22N2O2. The van der Waals surface area contributed by atoms with E-state index >= 15 is 0 Å². The van der Waals surface area contributed by atoms with Crippen molar-refractivity contribution in [1.82, 2.24) is 4.98 Å². The van der Waals surface area contributed by atoms with Gasteiger partial charge in [-0.05, 0) is 62.6 Å². The van der Waals surface area contributed by atoms with Crippen molar-refractivity contribution in [2.45, 2.75) is 57.8 Å². The van der Waals surface area contributed by atoms with Crippen LogP contribution in [0.25, 0.3) is 0 Å². The van der Waals surface area contributed by atoms with Crippen molar-refractivity contribution < 1.29 is 9.21 Å². The van der Waals surface area contributed by atoms with Crippen LogP contribution in [0.3, 0.4) is 0 Å². The molecule has 1 aromatic carbocycles. The monoisotopic (exact) mass is 310 g/mol. The van der Waals surface area contributed by atoms with Crippen LogP contribution >= 0.6 is 0 Å². The third kappa shape index (κ3) is 2.67. The molecule has 0 radical (unpaired) electrons. The van der Waals surface area contributed by atoms with E-state index in [1.807, 2.05) is 19.1 Å². The third-order valence-corrected chi connectivity index (χ3v) is 5.13. The van der Waals surface area contributed by atoms with Crippen molar-refractivity contribution in [3.8, 4) is 0 Å². The highest BCUT2D eigenvalue weighted by molar-refractivity contribution is 6.04. The molecule has 1 saturated carbocycles. The van der Waals surface area contributed by atoms with Crippen LogP contribution in [0.5, 0.6) is 0 Å². The zero-order valence-corrected chi connectivity index (χ0v) is 13.5. The smallest absolute Gasteiger partial charge is 0.277 e. The maximum absolute atomic E-state index is 12.6. The number of hydrogen-bond acceptors (Lipinski definition) is 3. The van der Waals surface area contributed by atoms with Crippen LogP contribution in [0.1, 0.15) is 71.3 Å². The molecular weight excluding hydrogens is 288 g/mol. The number of carbonyl (C=O) groups is 1. The molecule has 0 saturated heterocycles. The summed E-state index contributed by atoms with van der Waals surface area (Å²) in [6, 6.07) is 6.18. The second-order valence-electron chi connectivity index (χ2n) is 6.69. The fourth-order valence-electron chi connectivity index (χ4n) is 3.54. The number of hydrogen-bond donors (Lipinski definition) is 1. The summed E-state index contributed by atoms with van der Waals surface area (Å²) in [6.07, 6.45) is 8.03. The Balaban J connectivity index is 1.57. The second-order valence-corrected chi connectivity index (χ2v) is 6.69. The topological polar surface area (TPSA) is 55.1 Å². The molecule has 0 spiro atoms. The first kappa shape index (κ1) is 14.5. The molecule has 0 bridgehead atoms. The standard InChI is InChI=1S/C19H22N2O2/c1-12-17(21-19(23-12)14-8-4-9-14)18(22)20-16-11-5-7-13-6-2-3-10-15(13)16/h5,7,11,14H,2-4,6,8-10H2,1H3,(H,20,22). The average molecular weight is 310 g/mol. The molecule has 2 aliphatic carbocycles. The van der Waals surface area contributed by atoms with Gasteiger partial charge in [-0.3, -0.25) is 4.79 Å². The molecule has 1 N–H and O–H groups in total. The lowest BCUT2D eigenvalue weighted by atomic mass is 9.85. The van der Waals surface area contributed by atoms with Crippen molar-refractivity contribution in [3.63, 3.8) is 0 Å². The molecule has 4 rings (SSSR count). The molecule has 120 valence electrons. The molecule has 1 aromatic heterocycles. The molecule has 1 fully saturated rings. The van der Waals surface area contributed by atoms with E-state index in [1.165, 1.54) is 30.4 Å². The van der Waals surface area contributed by atoms with Gasteiger partial charge in [0.1, 0.15) is 5.76 Å². The Hall–Kier alpha value is -2.10. The summed E-state index contributed by atoms with van der Waals surface area (Å²) < 4.78 is 5.72. The largest absolute Gasteiger partial charge is 0.445 e. The third-order valence-electron chi connectivity index (χ3n) is 5.13. The van der Waals surface area contributed by atoms with Gasteiger partial charge in [-0.15, -0.1) is 0 Å². The number of anilines is 1. The Kier molecular flexibility index (Phi) is 3.68. The number of oxazole rings is 1. The quantitative estimate of drug-likeness (QED) is 0.915. The fraction of sp³-hybridized carbons (Fsp3) is 0.474. The minimum absolute atomic E-state index is 0.157. The lowest BCUT2D eigenvalue weighted by Gasteiger charge is -2.21. The number of nitrogens with one attached hydrogen (secondary N) is 1. The van der Waals surface area contributed by atoms with E-state index in [-0.39, 0.29) is 5.91 Å². The summed E-state index contributed by atoms with van der Waals surface area (Å²) in [5.74, 6) is 1.60. The van der Waals surface area contributed by atoms with E-state index in [1.54, 1.807) is 0 Å². The van der Waals surface area contributed by atoms with E-state index in [9.17, 15) is 4.79 Å². The summed E-state index contributed by atoms with van der Waals surface area (Å²) in [4.78, 5) is 17.1. The van der Waals surface area contributed by atoms with Gasteiger partial charge >= 0.3 is 0 Å². The van der Waals surface area contributed by atoms with Gasteiger partial charge in [0.15, 0.2) is 11.6 Å². The van der Waals surface area contributed by atoms with E-state index < -0.39 is 0 Å². The molecule has 4 nitrogen and oxygen atoms in total. The van der Waals surface area contributed by atoms with Gasteiger partial charge in [-0.2, -0.15) is 0 Å². The predicted molar refractivity (Wildman–Crippen MR) is 88.9 cm³/mol. The van der Waals surface area contributed by atoms with Gasteiger partial charge in [0.05, 0.1) is 0 Å². The summed E-state index contributed by atoms with van der Waals surface area (Å²) >= 11 is 0. The highest BCUT2D eigenvalue weighted by Crippen LogP contribution is 2.36. The van der Waals surface area contributed by atoms with Crippen LogP contribution in [0.15, 0.2) is 22.6 Å². The maximum Gasteiger partial charge on any atom is 0.277 e. The molecule has 1 amide bonds.